The van der Waals surface area contributed by atoms with Crippen LogP contribution in [0.4, 0.5) is 0 Å². The van der Waals surface area contributed by atoms with Crippen LogP contribution >= 0.6 is 0 Å². The molecule has 2 aromatic heterocycles. The molecule has 6 nitrogen and oxygen atoms in total. The standard InChI is InChI=1S/C9H13N5O/c1-3-7-12-9(15-13-7)8(10)6-4-11-14(2)5-6/h4-5,8H,3,10H2,1-2H3. The number of aromatic nitrogens is 4. The fraction of sp³-hybridized carbons (Fsp3) is 0.444. The molecule has 2 N–H and O–H groups in total. The topological polar surface area (TPSA) is 82.8 Å². The van der Waals surface area contributed by atoms with Crippen LogP contribution < -0.4 is 5.73 Å². The molecule has 1 atom stereocenters. The van der Waals surface area contributed by atoms with Crippen LogP contribution in [0, 0.1) is 0 Å². The largest absolute Gasteiger partial charge is 0.337 e. The maximum absolute atomic E-state index is 5.95. The SMILES string of the molecule is CCc1noc(C(N)c2cnn(C)c2)n1. The molecule has 2 rings (SSSR count). The summed E-state index contributed by atoms with van der Waals surface area (Å²) < 4.78 is 6.74. The number of rotatable bonds is 3. The monoisotopic (exact) mass is 207 g/mol. The first-order valence-electron chi connectivity index (χ1n) is 4.77. The second kappa shape index (κ2) is 3.82. The Labute approximate surface area is 87.1 Å². The van der Waals surface area contributed by atoms with Gasteiger partial charge in [-0.3, -0.25) is 4.68 Å². The Morgan fingerprint density at radius 3 is 2.93 bits per heavy atom. The van der Waals surface area contributed by atoms with Gasteiger partial charge in [0, 0.05) is 25.2 Å². The maximum atomic E-state index is 5.95. The maximum Gasteiger partial charge on any atom is 0.248 e. The highest BCUT2D eigenvalue weighted by Gasteiger charge is 2.17. The lowest BCUT2D eigenvalue weighted by molar-refractivity contribution is 0.363. The summed E-state index contributed by atoms with van der Waals surface area (Å²) in [4.78, 5) is 4.17. The summed E-state index contributed by atoms with van der Waals surface area (Å²) in [6.45, 7) is 1.96. The van der Waals surface area contributed by atoms with Crippen molar-refractivity contribution in [2.24, 2.45) is 12.8 Å². The summed E-state index contributed by atoms with van der Waals surface area (Å²) in [6, 6.07) is -0.397. The molecular formula is C9H13N5O. The minimum Gasteiger partial charge on any atom is -0.337 e. The van der Waals surface area contributed by atoms with Crippen molar-refractivity contribution < 1.29 is 4.52 Å². The highest BCUT2D eigenvalue weighted by Crippen LogP contribution is 2.16. The molecule has 0 amide bonds. The summed E-state index contributed by atoms with van der Waals surface area (Å²) in [7, 11) is 1.83. The first kappa shape index (κ1) is 9.85. The molecule has 2 heterocycles. The van der Waals surface area contributed by atoms with Crippen LogP contribution in [0.15, 0.2) is 16.9 Å². The van der Waals surface area contributed by atoms with Crippen LogP contribution in [0.2, 0.25) is 0 Å². The molecule has 80 valence electrons. The van der Waals surface area contributed by atoms with E-state index in [-0.39, 0.29) is 0 Å². The molecular weight excluding hydrogens is 194 g/mol. The lowest BCUT2D eigenvalue weighted by Gasteiger charge is -2.01. The molecule has 0 saturated carbocycles. The summed E-state index contributed by atoms with van der Waals surface area (Å²) in [5, 5.41) is 7.83. The molecule has 1 unspecified atom stereocenters. The Hall–Kier alpha value is -1.69. The second-order valence-electron chi connectivity index (χ2n) is 3.33. The van der Waals surface area contributed by atoms with Crippen LogP contribution in [0.3, 0.4) is 0 Å². The Morgan fingerprint density at radius 1 is 1.60 bits per heavy atom. The van der Waals surface area contributed by atoms with E-state index in [0.717, 1.165) is 12.0 Å². The highest BCUT2D eigenvalue weighted by atomic mass is 16.5. The molecule has 0 fully saturated rings. The summed E-state index contributed by atoms with van der Waals surface area (Å²) >= 11 is 0. The van der Waals surface area contributed by atoms with Gasteiger partial charge in [0.05, 0.1) is 6.20 Å². The van der Waals surface area contributed by atoms with Crippen molar-refractivity contribution in [1.82, 2.24) is 19.9 Å². The highest BCUT2D eigenvalue weighted by molar-refractivity contribution is 5.16. The first-order valence-corrected chi connectivity index (χ1v) is 4.77. The number of hydrogen-bond acceptors (Lipinski definition) is 5. The lowest BCUT2D eigenvalue weighted by atomic mass is 10.2. The van der Waals surface area contributed by atoms with Gasteiger partial charge in [0.1, 0.15) is 6.04 Å². The molecule has 6 heteroatoms. The van der Waals surface area contributed by atoms with Gasteiger partial charge in [-0.15, -0.1) is 0 Å². The van der Waals surface area contributed by atoms with Crippen LogP contribution in [0.25, 0.3) is 0 Å². The summed E-state index contributed by atoms with van der Waals surface area (Å²) in [5.74, 6) is 1.10. The molecule has 0 aliphatic rings. The predicted molar refractivity (Wildman–Crippen MR) is 52.9 cm³/mol. The zero-order valence-corrected chi connectivity index (χ0v) is 8.71. The Morgan fingerprint density at radius 2 is 2.40 bits per heavy atom. The van der Waals surface area contributed by atoms with Gasteiger partial charge in [-0.1, -0.05) is 12.1 Å². The van der Waals surface area contributed by atoms with E-state index in [1.165, 1.54) is 0 Å². The normalized spacial score (nSPS) is 13.0. The zero-order valence-electron chi connectivity index (χ0n) is 8.71. The molecule has 2 aromatic rings. The van der Waals surface area contributed by atoms with E-state index in [4.69, 9.17) is 10.3 Å². The molecule has 0 spiro atoms. The van der Waals surface area contributed by atoms with Gasteiger partial charge in [0.2, 0.25) is 5.89 Å². The number of hydrogen-bond donors (Lipinski definition) is 1. The van der Waals surface area contributed by atoms with Gasteiger partial charge in [-0.05, 0) is 0 Å². The van der Waals surface area contributed by atoms with E-state index in [0.29, 0.717) is 11.7 Å². The third-order valence-electron chi connectivity index (χ3n) is 2.15. The third-order valence-corrected chi connectivity index (χ3v) is 2.15. The molecule has 0 radical (unpaired) electrons. The Balaban J connectivity index is 2.23. The fourth-order valence-corrected chi connectivity index (χ4v) is 1.28. The van der Waals surface area contributed by atoms with Gasteiger partial charge >= 0.3 is 0 Å². The lowest BCUT2D eigenvalue weighted by Crippen LogP contribution is -2.11. The van der Waals surface area contributed by atoms with E-state index >= 15 is 0 Å². The minimum atomic E-state index is -0.397. The van der Waals surface area contributed by atoms with Crippen molar-refractivity contribution in [3.63, 3.8) is 0 Å². The van der Waals surface area contributed by atoms with Crippen molar-refractivity contribution >= 4 is 0 Å². The van der Waals surface area contributed by atoms with Gasteiger partial charge in [0.25, 0.3) is 0 Å². The fourth-order valence-electron chi connectivity index (χ4n) is 1.28. The Kier molecular flexibility index (Phi) is 2.51. The molecule has 0 aliphatic carbocycles. The quantitative estimate of drug-likeness (QED) is 0.788. The minimum absolute atomic E-state index is 0.397. The van der Waals surface area contributed by atoms with E-state index in [2.05, 4.69) is 15.2 Å². The smallest absolute Gasteiger partial charge is 0.248 e. The number of nitrogens with two attached hydrogens (primary N) is 1. The molecule has 0 aliphatic heterocycles. The molecule has 0 saturated heterocycles. The van der Waals surface area contributed by atoms with Gasteiger partial charge in [-0.2, -0.15) is 10.1 Å². The van der Waals surface area contributed by atoms with Gasteiger partial charge < -0.3 is 10.3 Å². The summed E-state index contributed by atoms with van der Waals surface area (Å²) in [5.41, 5.74) is 6.81. The average Bonchev–Trinajstić information content (AvgIpc) is 2.84. The predicted octanol–water partition coefficient (Wildman–Crippen LogP) is 0.414. The van der Waals surface area contributed by atoms with Crippen molar-refractivity contribution in [3.05, 3.63) is 29.7 Å². The zero-order chi connectivity index (χ0) is 10.8. The van der Waals surface area contributed by atoms with Crippen molar-refractivity contribution in [2.45, 2.75) is 19.4 Å². The average molecular weight is 207 g/mol. The van der Waals surface area contributed by atoms with Crippen LogP contribution in [-0.2, 0) is 13.5 Å². The second-order valence-corrected chi connectivity index (χ2v) is 3.33. The van der Waals surface area contributed by atoms with E-state index in [9.17, 15) is 0 Å². The van der Waals surface area contributed by atoms with Crippen molar-refractivity contribution in [2.75, 3.05) is 0 Å². The summed E-state index contributed by atoms with van der Waals surface area (Å²) in [6.07, 6.45) is 4.27. The number of aryl methyl sites for hydroxylation is 2. The van der Waals surface area contributed by atoms with Crippen LogP contribution in [0.1, 0.15) is 30.2 Å². The van der Waals surface area contributed by atoms with Crippen LogP contribution in [0.5, 0.6) is 0 Å². The molecule has 0 bridgehead atoms. The molecule has 15 heavy (non-hydrogen) atoms. The van der Waals surface area contributed by atoms with E-state index < -0.39 is 6.04 Å². The first-order chi connectivity index (χ1) is 7.20. The van der Waals surface area contributed by atoms with Crippen molar-refractivity contribution in [3.8, 4) is 0 Å². The number of nitrogens with zero attached hydrogens (tertiary/aromatic N) is 4. The van der Waals surface area contributed by atoms with E-state index in [1.54, 1.807) is 10.9 Å². The van der Waals surface area contributed by atoms with Crippen molar-refractivity contribution in [1.29, 1.82) is 0 Å². The Bertz CT molecular complexity index is 447. The van der Waals surface area contributed by atoms with Gasteiger partial charge in [0.15, 0.2) is 5.82 Å². The van der Waals surface area contributed by atoms with E-state index in [1.807, 2.05) is 20.2 Å². The molecule has 0 aromatic carbocycles. The third kappa shape index (κ3) is 1.89. The van der Waals surface area contributed by atoms with Gasteiger partial charge in [-0.25, -0.2) is 0 Å². The van der Waals surface area contributed by atoms with Crippen LogP contribution in [-0.4, -0.2) is 19.9 Å².